The van der Waals surface area contributed by atoms with Crippen LogP contribution in [0.4, 0.5) is 0 Å². The van der Waals surface area contributed by atoms with E-state index in [2.05, 4.69) is 37.1 Å². The summed E-state index contributed by atoms with van der Waals surface area (Å²) in [4.78, 5) is 5.19. The first-order valence-corrected chi connectivity index (χ1v) is 8.50. The van der Waals surface area contributed by atoms with Crippen LogP contribution in [0.1, 0.15) is 12.0 Å². The highest BCUT2D eigenvalue weighted by molar-refractivity contribution is 9.10. The first-order chi connectivity index (χ1) is 9.72. The first kappa shape index (κ1) is 17.5. The van der Waals surface area contributed by atoms with E-state index in [4.69, 9.17) is 11.6 Å². The standard InChI is InChI=1S/C15H21BrClN3.ClH/c16-15-2-1-13(17)9-12(15)10-19-6-3-14(11-19)20-7-4-18-5-8-20;/h1-2,9,14,18H,3-8,10-11H2;1H. The SMILES string of the molecule is Cl.Clc1ccc(Br)c(CN2CCC(N3CCNCC3)C2)c1. The lowest BCUT2D eigenvalue weighted by Gasteiger charge is -2.32. The van der Waals surface area contributed by atoms with Gasteiger partial charge in [-0.05, 0) is 30.2 Å². The van der Waals surface area contributed by atoms with Crippen LogP contribution in [0.25, 0.3) is 0 Å². The Bertz CT molecular complexity index is 466. The van der Waals surface area contributed by atoms with Crippen LogP contribution in [0.3, 0.4) is 0 Å². The molecule has 1 atom stereocenters. The number of piperazine rings is 1. The third-order valence-electron chi connectivity index (χ3n) is 4.32. The minimum Gasteiger partial charge on any atom is -0.314 e. The quantitative estimate of drug-likeness (QED) is 0.849. The molecule has 0 spiro atoms. The molecule has 1 aromatic rings. The molecule has 6 heteroatoms. The van der Waals surface area contributed by atoms with Gasteiger partial charge in [0, 0.05) is 61.4 Å². The van der Waals surface area contributed by atoms with Gasteiger partial charge in [0.15, 0.2) is 0 Å². The number of rotatable bonds is 3. The van der Waals surface area contributed by atoms with Crippen LogP contribution in [-0.4, -0.2) is 55.1 Å². The molecule has 0 amide bonds. The second kappa shape index (κ2) is 8.14. The molecule has 0 radical (unpaired) electrons. The van der Waals surface area contributed by atoms with Crippen molar-refractivity contribution < 1.29 is 0 Å². The fourth-order valence-corrected chi connectivity index (χ4v) is 3.77. The fourth-order valence-electron chi connectivity index (χ4n) is 3.21. The molecule has 1 N–H and O–H groups in total. The molecular formula is C15H22BrCl2N3. The number of hydrogen-bond acceptors (Lipinski definition) is 3. The molecule has 2 fully saturated rings. The summed E-state index contributed by atoms with van der Waals surface area (Å²) in [5.74, 6) is 0. The lowest BCUT2D eigenvalue weighted by Crippen LogP contribution is -2.49. The summed E-state index contributed by atoms with van der Waals surface area (Å²) >= 11 is 9.72. The molecule has 0 aliphatic carbocycles. The van der Waals surface area contributed by atoms with E-state index in [1.165, 1.54) is 38.2 Å². The summed E-state index contributed by atoms with van der Waals surface area (Å²) in [6.45, 7) is 8.02. The Hall–Kier alpha value is 0.160. The van der Waals surface area contributed by atoms with E-state index in [1.807, 2.05) is 12.1 Å². The summed E-state index contributed by atoms with van der Waals surface area (Å²) in [6.07, 6.45) is 1.29. The largest absolute Gasteiger partial charge is 0.314 e. The topological polar surface area (TPSA) is 18.5 Å². The van der Waals surface area contributed by atoms with Crippen LogP contribution in [0.2, 0.25) is 5.02 Å². The Kier molecular flexibility index (Phi) is 6.79. The molecule has 1 aromatic carbocycles. The Morgan fingerprint density at radius 1 is 1.24 bits per heavy atom. The highest BCUT2D eigenvalue weighted by Crippen LogP contribution is 2.25. The summed E-state index contributed by atoms with van der Waals surface area (Å²) in [5, 5.41) is 4.25. The third kappa shape index (κ3) is 4.57. The van der Waals surface area contributed by atoms with E-state index in [1.54, 1.807) is 0 Å². The van der Waals surface area contributed by atoms with Gasteiger partial charge in [0.25, 0.3) is 0 Å². The number of nitrogens with one attached hydrogen (secondary N) is 1. The number of likely N-dealkylation sites (tertiary alicyclic amines) is 1. The Balaban J connectivity index is 0.00000161. The second-order valence-corrected chi connectivity index (χ2v) is 6.99. The molecule has 0 aromatic heterocycles. The summed E-state index contributed by atoms with van der Waals surface area (Å²) in [6, 6.07) is 6.78. The van der Waals surface area contributed by atoms with E-state index in [0.29, 0.717) is 0 Å². The van der Waals surface area contributed by atoms with Gasteiger partial charge in [-0.1, -0.05) is 27.5 Å². The molecule has 2 aliphatic rings. The van der Waals surface area contributed by atoms with Crippen LogP contribution in [0, 0.1) is 0 Å². The van der Waals surface area contributed by atoms with Crippen LogP contribution in [0.5, 0.6) is 0 Å². The van der Waals surface area contributed by atoms with E-state index in [9.17, 15) is 0 Å². The van der Waals surface area contributed by atoms with E-state index in [-0.39, 0.29) is 12.4 Å². The summed E-state index contributed by atoms with van der Waals surface area (Å²) < 4.78 is 1.16. The molecule has 2 saturated heterocycles. The maximum Gasteiger partial charge on any atom is 0.0410 e. The normalized spacial score (nSPS) is 24.0. The van der Waals surface area contributed by atoms with Crippen LogP contribution in [-0.2, 0) is 6.54 Å². The van der Waals surface area contributed by atoms with Crippen molar-refractivity contribution in [2.45, 2.75) is 19.0 Å². The lowest BCUT2D eigenvalue weighted by molar-refractivity contribution is 0.170. The molecule has 3 rings (SSSR count). The average Bonchev–Trinajstić information content (AvgIpc) is 2.92. The Morgan fingerprint density at radius 2 is 2.00 bits per heavy atom. The monoisotopic (exact) mass is 393 g/mol. The third-order valence-corrected chi connectivity index (χ3v) is 5.33. The van der Waals surface area contributed by atoms with Crippen molar-refractivity contribution in [3.05, 3.63) is 33.3 Å². The zero-order chi connectivity index (χ0) is 13.9. The van der Waals surface area contributed by atoms with E-state index >= 15 is 0 Å². The number of nitrogens with zero attached hydrogens (tertiary/aromatic N) is 2. The molecule has 21 heavy (non-hydrogen) atoms. The van der Waals surface area contributed by atoms with Gasteiger partial charge in [0.2, 0.25) is 0 Å². The van der Waals surface area contributed by atoms with E-state index < -0.39 is 0 Å². The van der Waals surface area contributed by atoms with Crippen LogP contribution in [0.15, 0.2) is 22.7 Å². The van der Waals surface area contributed by atoms with Crippen molar-refractivity contribution in [2.24, 2.45) is 0 Å². The van der Waals surface area contributed by atoms with Gasteiger partial charge in [0.05, 0.1) is 0 Å². The number of hydrogen-bond donors (Lipinski definition) is 1. The number of benzene rings is 1. The highest BCUT2D eigenvalue weighted by atomic mass is 79.9. The average molecular weight is 395 g/mol. The van der Waals surface area contributed by atoms with Crippen molar-refractivity contribution >= 4 is 39.9 Å². The highest BCUT2D eigenvalue weighted by Gasteiger charge is 2.28. The van der Waals surface area contributed by atoms with Crippen LogP contribution >= 0.6 is 39.9 Å². The first-order valence-electron chi connectivity index (χ1n) is 7.33. The lowest BCUT2D eigenvalue weighted by atomic mass is 10.2. The minimum atomic E-state index is 0. The zero-order valence-corrected chi connectivity index (χ0v) is 15.2. The zero-order valence-electron chi connectivity index (χ0n) is 12.0. The van der Waals surface area contributed by atoms with Crippen LogP contribution < -0.4 is 5.32 Å². The van der Waals surface area contributed by atoms with E-state index in [0.717, 1.165) is 35.2 Å². The number of halogens is 3. The molecule has 0 saturated carbocycles. The molecular weight excluding hydrogens is 373 g/mol. The van der Waals surface area contributed by atoms with Crippen molar-refractivity contribution in [3.8, 4) is 0 Å². The maximum absolute atomic E-state index is 6.10. The molecule has 3 nitrogen and oxygen atoms in total. The molecule has 0 bridgehead atoms. The van der Waals surface area contributed by atoms with Gasteiger partial charge >= 0.3 is 0 Å². The Morgan fingerprint density at radius 3 is 2.76 bits per heavy atom. The van der Waals surface area contributed by atoms with Gasteiger partial charge in [-0.25, -0.2) is 0 Å². The van der Waals surface area contributed by atoms with Crippen molar-refractivity contribution in [2.75, 3.05) is 39.3 Å². The minimum absolute atomic E-state index is 0. The summed E-state index contributed by atoms with van der Waals surface area (Å²) in [7, 11) is 0. The van der Waals surface area contributed by atoms with Crippen molar-refractivity contribution in [1.82, 2.24) is 15.1 Å². The van der Waals surface area contributed by atoms with Gasteiger partial charge in [0.1, 0.15) is 0 Å². The molecule has 2 aliphatic heterocycles. The Labute approximate surface area is 146 Å². The fraction of sp³-hybridized carbons (Fsp3) is 0.600. The maximum atomic E-state index is 6.10. The molecule has 118 valence electrons. The summed E-state index contributed by atoms with van der Waals surface area (Å²) in [5.41, 5.74) is 1.29. The molecule has 1 unspecified atom stereocenters. The van der Waals surface area contributed by atoms with Crippen molar-refractivity contribution in [1.29, 1.82) is 0 Å². The second-order valence-electron chi connectivity index (χ2n) is 5.70. The molecule has 2 heterocycles. The predicted molar refractivity (Wildman–Crippen MR) is 94.5 cm³/mol. The predicted octanol–water partition coefficient (Wildman–Crippen LogP) is 3.00. The smallest absolute Gasteiger partial charge is 0.0410 e. The van der Waals surface area contributed by atoms with Gasteiger partial charge in [-0.15, -0.1) is 12.4 Å². The van der Waals surface area contributed by atoms with Gasteiger partial charge < -0.3 is 5.32 Å². The van der Waals surface area contributed by atoms with Crippen molar-refractivity contribution in [3.63, 3.8) is 0 Å². The van der Waals surface area contributed by atoms with Gasteiger partial charge in [-0.3, -0.25) is 9.80 Å². The van der Waals surface area contributed by atoms with Gasteiger partial charge in [-0.2, -0.15) is 0 Å².